The van der Waals surface area contributed by atoms with E-state index in [1.807, 2.05) is 22.6 Å². The molecule has 2 rings (SSSR count). The number of aliphatic hydroxyl groups is 1. The molecule has 1 aromatic heterocycles. The summed E-state index contributed by atoms with van der Waals surface area (Å²) in [4.78, 5) is 28.6. The Balaban J connectivity index is 2.43. The summed E-state index contributed by atoms with van der Waals surface area (Å²) in [6, 6.07) is -0.599. The smallest absolute Gasteiger partial charge is 0.330 e. The number of hydrogen-bond donors (Lipinski definition) is 2. The second kappa shape index (κ2) is 7.29. The number of halogens is 2. The fourth-order valence-corrected chi connectivity index (χ4v) is 2.64. The molecule has 1 aliphatic rings. The fourth-order valence-electron chi connectivity index (χ4n) is 2.17. The van der Waals surface area contributed by atoms with E-state index in [0.29, 0.717) is 0 Å². The molecular weight excluding hydrogens is 429 g/mol. The molecule has 0 saturated carbocycles. The van der Waals surface area contributed by atoms with Crippen molar-refractivity contribution in [2.75, 3.05) is 6.61 Å². The second-order valence-corrected chi connectivity index (χ2v) is 5.52. The molecule has 22 heavy (non-hydrogen) atoms. The number of nitrogens with zero attached hydrogens (tertiary/aromatic N) is 4. The van der Waals surface area contributed by atoms with E-state index >= 15 is 0 Å². The average Bonchev–Trinajstić information content (AvgIpc) is 2.90. The van der Waals surface area contributed by atoms with Crippen molar-refractivity contribution >= 4 is 39.2 Å². The third-order valence-electron chi connectivity index (χ3n) is 3.22. The number of rotatable bonds is 4. The first kappa shape index (κ1) is 17.0. The van der Waals surface area contributed by atoms with Crippen molar-refractivity contribution in [3.8, 4) is 0 Å². The zero-order valence-electron chi connectivity index (χ0n) is 11.0. The van der Waals surface area contributed by atoms with Crippen molar-refractivity contribution < 1.29 is 9.84 Å². The van der Waals surface area contributed by atoms with Gasteiger partial charge in [0.1, 0.15) is 6.23 Å². The summed E-state index contributed by atoms with van der Waals surface area (Å²) in [5, 5.41) is 13.0. The minimum absolute atomic E-state index is 0.118. The van der Waals surface area contributed by atoms with Gasteiger partial charge in [-0.25, -0.2) is 4.79 Å². The normalized spacial score (nSPS) is 25.0. The number of H-pyrrole nitrogens is 1. The van der Waals surface area contributed by atoms with Gasteiger partial charge >= 0.3 is 5.69 Å². The van der Waals surface area contributed by atoms with Crippen LogP contribution in [0, 0.1) is 0 Å². The van der Waals surface area contributed by atoms with E-state index in [0.717, 1.165) is 4.57 Å². The van der Waals surface area contributed by atoms with Crippen LogP contribution in [0.4, 0.5) is 0 Å². The Hall–Kier alpha value is -1.33. The van der Waals surface area contributed by atoms with Crippen molar-refractivity contribution in [3.63, 3.8) is 0 Å². The fraction of sp³-hybridized carbons (Fsp3) is 0.455. The van der Waals surface area contributed by atoms with E-state index in [-0.39, 0.29) is 23.6 Å². The van der Waals surface area contributed by atoms with E-state index in [9.17, 15) is 14.7 Å². The maximum atomic E-state index is 11.9. The monoisotopic (exact) mass is 439 g/mol. The summed E-state index contributed by atoms with van der Waals surface area (Å²) >= 11 is 7.80. The van der Waals surface area contributed by atoms with Gasteiger partial charge in [0.2, 0.25) is 0 Å². The lowest BCUT2D eigenvalue weighted by molar-refractivity contribution is -0.0271. The van der Waals surface area contributed by atoms with Crippen molar-refractivity contribution in [1.82, 2.24) is 9.55 Å². The lowest BCUT2D eigenvalue weighted by atomic mass is 10.1. The van der Waals surface area contributed by atoms with Gasteiger partial charge in [0, 0.05) is 17.5 Å². The molecule has 1 fully saturated rings. The summed E-state index contributed by atoms with van der Waals surface area (Å²) in [5.74, 6) is 0. The first-order valence-corrected chi connectivity index (χ1v) is 7.76. The molecule has 118 valence electrons. The lowest BCUT2D eigenvalue weighted by Gasteiger charge is -2.15. The Kier molecular flexibility index (Phi) is 5.64. The number of azide groups is 1. The Morgan fingerprint density at radius 2 is 2.45 bits per heavy atom. The van der Waals surface area contributed by atoms with Gasteiger partial charge in [0.15, 0.2) is 0 Å². The van der Waals surface area contributed by atoms with Crippen LogP contribution in [0.5, 0.6) is 0 Å². The molecule has 0 spiro atoms. The Bertz CT molecular complexity index is 754. The highest BCUT2D eigenvalue weighted by Crippen LogP contribution is 2.30. The van der Waals surface area contributed by atoms with Crippen LogP contribution in [0.3, 0.4) is 0 Å². The van der Waals surface area contributed by atoms with E-state index < -0.39 is 29.6 Å². The van der Waals surface area contributed by atoms with Crippen LogP contribution in [0.2, 0.25) is 0 Å². The maximum absolute atomic E-state index is 11.9. The molecule has 1 saturated heterocycles. The molecule has 0 amide bonds. The molecule has 0 aromatic carbocycles. The topological polar surface area (TPSA) is 133 Å². The predicted octanol–water partition coefficient (Wildman–Crippen LogP) is 1.47. The molecule has 1 aliphatic heterocycles. The standard InChI is InChI=1S/C11H11ClIN5O4/c12-6(2-13)5-3-18(11(21)15-10(5)20)9-1-7(16-17-14)8(4-19)22-9/h2-3,7-9,19H,1,4H2,(H,15,20,21)/b6-2+/t7-,8+,9+/m0/s1. The summed E-state index contributed by atoms with van der Waals surface area (Å²) < 4.78 is 8.17. The van der Waals surface area contributed by atoms with E-state index in [2.05, 4.69) is 15.0 Å². The third-order valence-corrected chi connectivity index (χ3v) is 4.52. The molecule has 9 nitrogen and oxygen atoms in total. The average molecular weight is 440 g/mol. The summed E-state index contributed by atoms with van der Waals surface area (Å²) in [6.07, 6.45) is 0.0100. The molecule has 0 bridgehead atoms. The predicted molar refractivity (Wildman–Crippen MR) is 87.7 cm³/mol. The highest BCUT2D eigenvalue weighted by molar-refractivity contribution is 14.1. The van der Waals surface area contributed by atoms with E-state index in [1.165, 1.54) is 10.3 Å². The van der Waals surface area contributed by atoms with Gasteiger partial charge in [-0.2, -0.15) is 0 Å². The molecule has 11 heteroatoms. The molecule has 2 heterocycles. The molecule has 1 aromatic rings. The summed E-state index contributed by atoms with van der Waals surface area (Å²) in [6.45, 7) is -0.348. The first-order valence-electron chi connectivity index (χ1n) is 6.14. The Morgan fingerprint density at radius 1 is 1.73 bits per heavy atom. The van der Waals surface area contributed by atoms with Gasteiger partial charge in [-0.1, -0.05) is 39.3 Å². The molecule has 0 aliphatic carbocycles. The van der Waals surface area contributed by atoms with Gasteiger partial charge in [-0.3, -0.25) is 14.3 Å². The van der Waals surface area contributed by atoms with Crippen LogP contribution < -0.4 is 11.2 Å². The van der Waals surface area contributed by atoms with Gasteiger partial charge in [-0.15, -0.1) is 0 Å². The van der Waals surface area contributed by atoms with Crippen LogP contribution >= 0.6 is 34.2 Å². The minimum Gasteiger partial charge on any atom is -0.394 e. The summed E-state index contributed by atoms with van der Waals surface area (Å²) in [7, 11) is 0. The molecule has 3 atom stereocenters. The zero-order valence-corrected chi connectivity index (χ0v) is 13.9. The van der Waals surface area contributed by atoms with Crippen molar-refractivity contribution in [1.29, 1.82) is 0 Å². The molecule has 2 N–H and O–H groups in total. The van der Waals surface area contributed by atoms with Crippen molar-refractivity contribution in [2.24, 2.45) is 5.11 Å². The first-order chi connectivity index (χ1) is 10.5. The number of aliphatic hydroxyl groups excluding tert-OH is 1. The Labute approximate surface area is 142 Å². The number of hydrogen-bond acceptors (Lipinski definition) is 5. The van der Waals surface area contributed by atoms with Crippen LogP contribution in [-0.2, 0) is 4.74 Å². The SMILES string of the molecule is [N-]=[N+]=N[C@H]1C[C@H](n2cc(/C(Cl)=C\I)c(=O)[nH]c2=O)O[C@@H]1CO. The van der Waals surface area contributed by atoms with Gasteiger partial charge in [-0.05, 0) is 9.61 Å². The number of aromatic amines is 1. The van der Waals surface area contributed by atoms with Crippen molar-refractivity contribution in [3.05, 3.63) is 47.1 Å². The van der Waals surface area contributed by atoms with Crippen LogP contribution in [-0.4, -0.2) is 33.4 Å². The highest BCUT2D eigenvalue weighted by atomic mass is 127. The highest BCUT2D eigenvalue weighted by Gasteiger charge is 2.35. The van der Waals surface area contributed by atoms with Gasteiger partial charge in [0.25, 0.3) is 5.56 Å². The maximum Gasteiger partial charge on any atom is 0.330 e. The molecular formula is C11H11ClIN5O4. The number of nitrogens with one attached hydrogen (secondary N) is 1. The summed E-state index contributed by atoms with van der Waals surface area (Å²) in [5.41, 5.74) is 7.35. The van der Waals surface area contributed by atoms with Gasteiger partial charge < -0.3 is 9.84 Å². The second-order valence-electron chi connectivity index (χ2n) is 4.49. The Morgan fingerprint density at radius 3 is 3.05 bits per heavy atom. The zero-order chi connectivity index (χ0) is 16.3. The quantitative estimate of drug-likeness (QED) is 0.318. The largest absolute Gasteiger partial charge is 0.394 e. The van der Waals surface area contributed by atoms with Crippen LogP contribution in [0.1, 0.15) is 18.2 Å². The van der Waals surface area contributed by atoms with E-state index in [4.69, 9.17) is 21.9 Å². The van der Waals surface area contributed by atoms with E-state index in [1.54, 1.807) is 0 Å². The molecule has 0 unspecified atom stereocenters. The third kappa shape index (κ3) is 3.36. The number of ether oxygens (including phenoxy) is 1. The number of aromatic nitrogens is 2. The van der Waals surface area contributed by atoms with Gasteiger partial charge in [0.05, 0.1) is 29.3 Å². The molecule has 0 radical (unpaired) electrons. The minimum atomic E-state index is -0.769. The lowest BCUT2D eigenvalue weighted by Crippen LogP contribution is -2.33. The van der Waals surface area contributed by atoms with Crippen molar-refractivity contribution in [2.45, 2.75) is 24.8 Å². The van der Waals surface area contributed by atoms with Crippen LogP contribution in [0.15, 0.2) is 25.0 Å². The van der Waals surface area contributed by atoms with Crippen LogP contribution in [0.25, 0.3) is 15.5 Å².